The molecule has 0 radical (unpaired) electrons. The Labute approximate surface area is 139 Å². The van der Waals surface area contributed by atoms with E-state index in [1.807, 2.05) is 20.0 Å². The zero-order chi connectivity index (χ0) is 17.5. The summed E-state index contributed by atoms with van der Waals surface area (Å²) in [4.78, 5) is 16.8. The highest BCUT2D eigenvalue weighted by atomic mass is 32.2. The Morgan fingerprint density at radius 3 is 2.50 bits per heavy atom. The van der Waals surface area contributed by atoms with Crippen LogP contribution in [0.5, 0.6) is 0 Å². The highest BCUT2D eigenvalue weighted by Gasteiger charge is 2.12. The minimum Gasteiger partial charge on any atom is -0.321 e. The molecule has 2 heterocycles. The molecule has 0 atom stereocenters. The van der Waals surface area contributed by atoms with Crippen LogP contribution in [0.25, 0.3) is 11.0 Å². The third-order valence-electron chi connectivity index (χ3n) is 3.67. The van der Waals surface area contributed by atoms with E-state index in [2.05, 4.69) is 15.4 Å². The SMILES string of the molecule is Cc1nn(C)c2ncc(NC(=O)c3ccc(S(C)(=O)=O)cc3)cc12. The van der Waals surface area contributed by atoms with E-state index in [0.717, 1.165) is 23.0 Å². The van der Waals surface area contributed by atoms with Crippen LogP contribution < -0.4 is 5.32 Å². The number of aromatic nitrogens is 3. The van der Waals surface area contributed by atoms with Gasteiger partial charge in [0.25, 0.3) is 5.91 Å². The lowest BCUT2D eigenvalue weighted by Crippen LogP contribution is -2.12. The molecule has 0 aliphatic carbocycles. The van der Waals surface area contributed by atoms with Gasteiger partial charge in [-0.15, -0.1) is 0 Å². The van der Waals surface area contributed by atoms with Gasteiger partial charge in [0.05, 0.1) is 22.5 Å². The van der Waals surface area contributed by atoms with E-state index in [1.165, 1.54) is 24.3 Å². The molecule has 0 fully saturated rings. The summed E-state index contributed by atoms with van der Waals surface area (Å²) in [7, 11) is -1.47. The van der Waals surface area contributed by atoms with Crippen molar-refractivity contribution in [3.05, 3.63) is 47.8 Å². The van der Waals surface area contributed by atoms with E-state index < -0.39 is 9.84 Å². The van der Waals surface area contributed by atoms with Crippen molar-refractivity contribution in [1.29, 1.82) is 0 Å². The molecule has 3 rings (SSSR count). The van der Waals surface area contributed by atoms with Crippen LogP contribution >= 0.6 is 0 Å². The van der Waals surface area contributed by atoms with Crippen molar-refractivity contribution >= 4 is 32.5 Å². The van der Waals surface area contributed by atoms with Gasteiger partial charge in [0.15, 0.2) is 15.5 Å². The van der Waals surface area contributed by atoms with Crippen LogP contribution in [0.3, 0.4) is 0 Å². The molecule has 0 bridgehead atoms. The van der Waals surface area contributed by atoms with E-state index in [-0.39, 0.29) is 10.8 Å². The minimum atomic E-state index is -3.28. The predicted octanol–water partition coefficient (Wildman–Crippen LogP) is 1.93. The number of pyridine rings is 1. The Bertz CT molecular complexity index is 1040. The first kappa shape index (κ1) is 16.1. The number of aryl methyl sites for hydroxylation is 2. The smallest absolute Gasteiger partial charge is 0.255 e. The Hall–Kier alpha value is -2.74. The molecule has 0 saturated heterocycles. The molecule has 0 aliphatic rings. The van der Waals surface area contributed by atoms with Crippen LogP contribution in [-0.4, -0.2) is 35.3 Å². The average Bonchev–Trinajstić information content (AvgIpc) is 2.81. The number of anilines is 1. The zero-order valence-electron chi connectivity index (χ0n) is 13.4. The molecule has 0 aliphatic heterocycles. The molecule has 0 saturated carbocycles. The molecule has 8 heteroatoms. The number of fused-ring (bicyclic) bond motifs is 1. The first-order valence-electron chi connectivity index (χ1n) is 7.16. The molecule has 1 N–H and O–H groups in total. The first-order chi connectivity index (χ1) is 11.3. The van der Waals surface area contributed by atoms with Gasteiger partial charge < -0.3 is 5.32 Å². The fourth-order valence-electron chi connectivity index (χ4n) is 2.43. The third kappa shape index (κ3) is 3.00. The fraction of sp³-hybridized carbons (Fsp3) is 0.188. The summed E-state index contributed by atoms with van der Waals surface area (Å²) in [5.41, 5.74) is 2.48. The lowest BCUT2D eigenvalue weighted by atomic mass is 10.2. The molecule has 7 nitrogen and oxygen atoms in total. The summed E-state index contributed by atoms with van der Waals surface area (Å²) in [5, 5.41) is 7.91. The quantitative estimate of drug-likeness (QED) is 0.783. The highest BCUT2D eigenvalue weighted by Crippen LogP contribution is 2.20. The van der Waals surface area contributed by atoms with Gasteiger partial charge in [0.1, 0.15) is 0 Å². The molecule has 0 spiro atoms. The summed E-state index contributed by atoms with van der Waals surface area (Å²) in [5.74, 6) is -0.335. The average molecular weight is 344 g/mol. The van der Waals surface area contributed by atoms with Gasteiger partial charge in [-0.05, 0) is 37.3 Å². The maximum Gasteiger partial charge on any atom is 0.255 e. The number of amides is 1. The third-order valence-corrected chi connectivity index (χ3v) is 4.79. The monoisotopic (exact) mass is 344 g/mol. The summed E-state index contributed by atoms with van der Waals surface area (Å²) in [6, 6.07) is 7.60. The van der Waals surface area contributed by atoms with Gasteiger partial charge in [-0.2, -0.15) is 5.10 Å². The zero-order valence-corrected chi connectivity index (χ0v) is 14.3. The van der Waals surface area contributed by atoms with E-state index in [1.54, 1.807) is 10.9 Å². The number of nitrogens with one attached hydrogen (secondary N) is 1. The van der Waals surface area contributed by atoms with Crippen molar-refractivity contribution in [2.75, 3.05) is 11.6 Å². The predicted molar refractivity (Wildman–Crippen MR) is 90.8 cm³/mol. The summed E-state index contributed by atoms with van der Waals surface area (Å²) < 4.78 is 24.6. The Morgan fingerprint density at radius 2 is 1.88 bits per heavy atom. The standard InChI is InChI=1S/C16H16N4O3S/c1-10-14-8-12(9-17-15(14)20(2)19-10)18-16(21)11-4-6-13(7-5-11)24(3,22)23/h4-9H,1-3H3,(H,18,21). The number of carbonyl (C=O) groups excluding carboxylic acids is 1. The fourth-order valence-corrected chi connectivity index (χ4v) is 3.06. The van der Waals surface area contributed by atoms with Crippen LogP contribution in [0.1, 0.15) is 16.1 Å². The maximum absolute atomic E-state index is 12.3. The van der Waals surface area contributed by atoms with Crippen molar-refractivity contribution in [3.8, 4) is 0 Å². The van der Waals surface area contributed by atoms with Gasteiger partial charge in [0.2, 0.25) is 0 Å². The van der Waals surface area contributed by atoms with Crippen LogP contribution in [0.2, 0.25) is 0 Å². The van der Waals surface area contributed by atoms with Gasteiger partial charge in [-0.1, -0.05) is 0 Å². The molecule has 24 heavy (non-hydrogen) atoms. The number of nitrogens with zero attached hydrogens (tertiary/aromatic N) is 3. The van der Waals surface area contributed by atoms with Crippen molar-refractivity contribution in [3.63, 3.8) is 0 Å². The molecular formula is C16H16N4O3S. The molecule has 0 unspecified atom stereocenters. The van der Waals surface area contributed by atoms with Gasteiger partial charge >= 0.3 is 0 Å². The van der Waals surface area contributed by atoms with Crippen molar-refractivity contribution in [2.24, 2.45) is 7.05 Å². The van der Waals surface area contributed by atoms with Crippen LogP contribution in [-0.2, 0) is 16.9 Å². The van der Waals surface area contributed by atoms with Gasteiger partial charge in [0, 0.05) is 24.3 Å². The summed E-state index contributed by atoms with van der Waals surface area (Å²) in [6.45, 7) is 1.87. The molecule has 3 aromatic rings. The second-order valence-electron chi connectivity index (χ2n) is 5.55. The lowest BCUT2D eigenvalue weighted by molar-refractivity contribution is 0.102. The molecular weight excluding hydrogens is 328 g/mol. The Balaban J connectivity index is 1.85. The van der Waals surface area contributed by atoms with E-state index in [4.69, 9.17) is 0 Å². The summed E-state index contributed by atoms with van der Waals surface area (Å²) >= 11 is 0. The normalized spacial score (nSPS) is 11.6. The Morgan fingerprint density at radius 1 is 1.21 bits per heavy atom. The van der Waals surface area contributed by atoms with E-state index >= 15 is 0 Å². The molecule has 1 amide bonds. The molecule has 2 aromatic heterocycles. The molecule has 1 aromatic carbocycles. The van der Waals surface area contributed by atoms with Gasteiger partial charge in [-0.25, -0.2) is 13.4 Å². The van der Waals surface area contributed by atoms with Crippen LogP contribution in [0.15, 0.2) is 41.4 Å². The summed E-state index contributed by atoms with van der Waals surface area (Å²) in [6.07, 6.45) is 2.69. The number of benzene rings is 1. The lowest BCUT2D eigenvalue weighted by Gasteiger charge is -2.06. The van der Waals surface area contributed by atoms with Crippen molar-refractivity contribution < 1.29 is 13.2 Å². The number of hydrogen-bond donors (Lipinski definition) is 1. The molecule has 124 valence electrons. The number of carbonyl (C=O) groups is 1. The topological polar surface area (TPSA) is 93.9 Å². The van der Waals surface area contributed by atoms with Crippen LogP contribution in [0, 0.1) is 6.92 Å². The maximum atomic E-state index is 12.3. The van der Waals surface area contributed by atoms with Crippen LogP contribution in [0.4, 0.5) is 5.69 Å². The number of hydrogen-bond acceptors (Lipinski definition) is 5. The number of rotatable bonds is 3. The first-order valence-corrected chi connectivity index (χ1v) is 9.05. The van der Waals surface area contributed by atoms with Crippen molar-refractivity contribution in [1.82, 2.24) is 14.8 Å². The highest BCUT2D eigenvalue weighted by molar-refractivity contribution is 7.90. The second-order valence-corrected chi connectivity index (χ2v) is 7.57. The minimum absolute atomic E-state index is 0.174. The second kappa shape index (κ2) is 5.72. The number of sulfone groups is 1. The largest absolute Gasteiger partial charge is 0.321 e. The van der Waals surface area contributed by atoms with Gasteiger partial charge in [-0.3, -0.25) is 9.48 Å². The van der Waals surface area contributed by atoms with Crippen molar-refractivity contribution in [2.45, 2.75) is 11.8 Å². The Kier molecular flexibility index (Phi) is 3.84. The van der Waals surface area contributed by atoms with E-state index in [9.17, 15) is 13.2 Å². The van der Waals surface area contributed by atoms with E-state index in [0.29, 0.717) is 11.3 Å².